The number of ether oxygens (including phenoxy) is 1. The number of nitrogens with zero attached hydrogens (tertiary/aromatic N) is 2. The molecule has 34 heavy (non-hydrogen) atoms. The molecule has 10 heteroatoms. The molecule has 0 spiro atoms. The third-order valence-corrected chi connectivity index (χ3v) is 6.11. The lowest BCUT2D eigenvalue weighted by molar-refractivity contribution is -0.385. The van der Waals surface area contributed by atoms with Gasteiger partial charge in [0.1, 0.15) is 5.75 Å². The lowest BCUT2D eigenvalue weighted by Gasteiger charge is -2.12. The molecule has 0 saturated carbocycles. The van der Waals surface area contributed by atoms with Crippen molar-refractivity contribution < 1.29 is 24.0 Å². The Labute approximate surface area is 202 Å². The van der Waals surface area contributed by atoms with Crippen molar-refractivity contribution in [3.05, 3.63) is 110 Å². The molecule has 2 amide bonds. The van der Waals surface area contributed by atoms with Crippen molar-refractivity contribution >= 4 is 52.2 Å². The maximum atomic E-state index is 12.8. The fourth-order valence-electron chi connectivity index (χ4n) is 3.20. The van der Waals surface area contributed by atoms with Crippen LogP contribution in [0, 0.1) is 10.1 Å². The van der Waals surface area contributed by atoms with E-state index in [-0.39, 0.29) is 39.0 Å². The summed E-state index contributed by atoms with van der Waals surface area (Å²) in [5, 5.41) is 11.0. The van der Waals surface area contributed by atoms with Gasteiger partial charge >= 0.3 is 5.97 Å². The molecule has 0 bridgehead atoms. The number of amides is 2. The second-order valence-corrected chi connectivity index (χ2v) is 8.49. The minimum Gasteiger partial charge on any atom is -0.423 e. The van der Waals surface area contributed by atoms with Crippen LogP contribution in [0.1, 0.15) is 21.5 Å². The molecule has 1 aliphatic rings. The average Bonchev–Trinajstić information content (AvgIpc) is 3.08. The van der Waals surface area contributed by atoms with E-state index in [9.17, 15) is 24.5 Å². The monoisotopic (exact) mass is 494 g/mol. The number of halogens is 1. The first-order chi connectivity index (χ1) is 16.3. The zero-order chi connectivity index (χ0) is 24.2. The molecule has 1 saturated heterocycles. The van der Waals surface area contributed by atoms with Crippen molar-refractivity contribution in [3.8, 4) is 5.75 Å². The van der Waals surface area contributed by atoms with Crippen LogP contribution in [0.4, 0.5) is 10.5 Å². The fourth-order valence-corrected chi connectivity index (χ4v) is 4.25. The molecule has 1 heterocycles. The summed E-state index contributed by atoms with van der Waals surface area (Å²) in [5.74, 6) is -0.858. The quantitative estimate of drug-likeness (QED) is 0.142. The van der Waals surface area contributed by atoms with Gasteiger partial charge in [-0.3, -0.25) is 24.6 Å². The Balaban J connectivity index is 1.47. The number of imide groups is 1. The van der Waals surface area contributed by atoms with E-state index in [0.717, 1.165) is 16.7 Å². The largest absolute Gasteiger partial charge is 0.423 e. The Hall–Kier alpha value is -3.95. The van der Waals surface area contributed by atoms with Crippen LogP contribution < -0.4 is 4.74 Å². The molecule has 0 unspecified atom stereocenters. The fraction of sp³-hybridized carbons (Fsp3) is 0.0417. The molecule has 4 rings (SSSR count). The van der Waals surface area contributed by atoms with Crippen molar-refractivity contribution in [3.63, 3.8) is 0 Å². The molecule has 8 nitrogen and oxygen atoms in total. The average molecular weight is 495 g/mol. The highest BCUT2D eigenvalue weighted by atomic mass is 35.5. The third kappa shape index (κ3) is 5.00. The number of thioether (sulfide) groups is 1. The summed E-state index contributed by atoms with van der Waals surface area (Å²) in [7, 11) is 0. The first-order valence-electron chi connectivity index (χ1n) is 9.88. The highest BCUT2D eigenvalue weighted by Gasteiger charge is 2.36. The molecular weight excluding hydrogens is 480 g/mol. The Morgan fingerprint density at radius 2 is 1.71 bits per heavy atom. The summed E-state index contributed by atoms with van der Waals surface area (Å²) in [6.07, 6.45) is 1.53. The highest BCUT2D eigenvalue weighted by Crippen LogP contribution is 2.34. The minimum atomic E-state index is -0.602. The number of benzene rings is 3. The van der Waals surface area contributed by atoms with Gasteiger partial charge in [0.05, 0.1) is 27.0 Å². The zero-order valence-corrected chi connectivity index (χ0v) is 18.9. The van der Waals surface area contributed by atoms with Crippen molar-refractivity contribution in [1.29, 1.82) is 0 Å². The van der Waals surface area contributed by atoms with Gasteiger partial charge in [-0.05, 0) is 47.7 Å². The van der Waals surface area contributed by atoms with Gasteiger partial charge in [0, 0.05) is 11.6 Å². The highest BCUT2D eigenvalue weighted by molar-refractivity contribution is 8.18. The van der Waals surface area contributed by atoms with Crippen molar-refractivity contribution in [1.82, 2.24) is 4.90 Å². The summed E-state index contributed by atoms with van der Waals surface area (Å²) >= 11 is 6.76. The molecule has 0 N–H and O–H groups in total. The number of para-hydroxylation sites is 1. The lowest BCUT2D eigenvalue weighted by Crippen LogP contribution is -2.27. The van der Waals surface area contributed by atoms with E-state index in [1.807, 2.05) is 0 Å². The van der Waals surface area contributed by atoms with Gasteiger partial charge < -0.3 is 4.74 Å². The maximum absolute atomic E-state index is 12.8. The SMILES string of the molecule is O=C(Oc1ccc(/C=C2\SC(=O)N(Cc3ccccc3[N+](=O)[O-])C2=O)cc1)c1ccccc1Cl. The number of hydrogen-bond acceptors (Lipinski definition) is 7. The molecule has 170 valence electrons. The van der Waals surface area contributed by atoms with Crippen LogP contribution in [0.2, 0.25) is 5.02 Å². The molecule has 0 aliphatic carbocycles. The van der Waals surface area contributed by atoms with Gasteiger partial charge in [0.25, 0.3) is 16.8 Å². The van der Waals surface area contributed by atoms with E-state index in [1.54, 1.807) is 54.6 Å². The number of hydrogen-bond donors (Lipinski definition) is 0. The number of rotatable bonds is 6. The van der Waals surface area contributed by atoms with Gasteiger partial charge in [0.2, 0.25) is 0 Å². The minimum absolute atomic E-state index is 0.160. The van der Waals surface area contributed by atoms with Gasteiger partial charge in [-0.2, -0.15) is 0 Å². The Bertz CT molecular complexity index is 1340. The van der Waals surface area contributed by atoms with Gasteiger partial charge in [-0.25, -0.2) is 4.79 Å². The maximum Gasteiger partial charge on any atom is 0.345 e. The number of nitro groups is 1. The summed E-state index contributed by atoms with van der Waals surface area (Å²) < 4.78 is 5.32. The van der Waals surface area contributed by atoms with E-state index in [0.29, 0.717) is 5.56 Å². The topological polar surface area (TPSA) is 107 Å². The summed E-state index contributed by atoms with van der Waals surface area (Å²) in [6, 6.07) is 18.8. The van der Waals surface area contributed by atoms with E-state index in [1.165, 1.54) is 24.3 Å². The van der Waals surface area contributed by atoms with Crippen LogP contribution in [0.5, 0.6) is 5.75 Å². The second kappa shape index (κ2) is 9.90. The summed E-state index contributed by atoms with van der Waals surface area (Å²) in [4.78, 5) is 49.3. The predicted octanol–water partition coefficient (Wildman–Crippen LogP) is 5.70. The molecule has 0 aromatic heterocycles. The Kier molecular flexibility index (Phi) is 6.76. The number of nitro benzene ring substituents is 1. The molecule has 3 aromatic rings. The van der Waals surface area contributed by atoms with Crippen molar-refractivity contribution in [2.75, 3.05) is 0 Å². The number of carbonyl (C=O) groups excluding carboxylic acids is 3. The normalized spacial score (nSPS) is 14.5. The predicted molar refractivity (Wildman–Crippen MR) is 127 cm³/mol. The summed E-state index contributed by atoms with van der Waals surface area (Å²) in [6.45, 7) is -0.198. The van der Waals surface area contributed by atoms with Crippen LogP contribution in [-0.2, 0) is 11.3 Å². The number of esters is 1. The zero-order valence-electron chi connectivity index (χ0n) is 17.3. The Morgan fingerprint density at radius 1 is 1.03 bits per heavy atom. The van der Waals surface area contributed by atoms with Crippen LogP contribution >= 0.6 is 23.4 Å². The molecule has 0 radical (unpaired) electrons. The number of carbonyl (C=O) groups is 3. The van der Waals surface area contributed by atoms with E-state index < -0.39 is 22.0 Å². The van der Waals surface area contributed by atoms with Crippen molar-refractivity contribution in [2.24, 2.45) is 0 Å². The molecular formula is C24H15ClN2O6S. The molecule has 0 atom stereocenters. The van der Waals surface area contributed by atoms with Crippen molar-refractivity contribution in [2.45, 2.75) is 6.54 Å². The van der Waals surface area contributed by atoms with Gasteiger partial charge in [0.15, 0.2) is 0 Å². The van der Waals surface area contributed by atoms with E-state index >= 15 is 0 Å². The standard InChI is InChI=1S/C24H15ClN2O6S/c25-19-7-3-2-6-18(19)23(29)33-17-11-9-15(10-12-17)13-21-22(28)26(24(30)34-21)14-16-5-1-4-8-20(16)27(31)32/h1-13H,14H2/b21-13-. The van der Waals surface area contributed by atoms with Crippen LogP contribution in [-0.4, -0.2) is 26.9 Å². The second-order valence-electron chi connectivity index (χ2n) is 7.09. The smallest absolute Gasteiger partial charge is 0.345 e. The van der Waals surface area contributed by atoms with Crippen LogP contribution in [0.3, 0.4) is 0 Å². The van der Waals surface area contributed by atoms with E-state index in [4.69, 9.17) is 16.3 Å². The van der Waals surface area contributed by atoms with Gasteiger partial charge in [-0.1, -0.05) is 54.1 Å². The van der Waals surface area contributed by atoms with Crippen LogP contribution in [0.25, 0.3) is 6.08 Å². The first kappa shape index (κ1) is 23.2. The van der Waals surface area contributed by atoms with Gasteiger partial charge in [-0.15, -0.1) is 0 Å². The molecule has 1 aliphatic heterocycles. The lowest BCUT2D eigenvalue weighted by atomic mass is 10.1. The first-order valence-corrected chi connectivity index (χ1v) is 11.1. The van der Waals surface area contributed by atoms with E-state index in [2.05, 4.69) is 0 Å². The van der Waals surface area contributed by atoms with Crippen LogP contribution in [0.15, 0.2) is 77.7 Å². The summed E-state index contributed by atoms with van der Waals surface area (Å²) in [5.41, 5.74) is 0.947. The Morgan fingerprint density at radius 3 is 2.41 bits per heavy atom. The third-order valence-electron chi connectivity index (χ3n) is 4.87. The molecule has 3 aromatic carbocycles. The molecule has 1 fully saturated rings.